The molecule has 0 saturated carbocycles. The molecule has 1 heterocycles. The first-order valence-electron chi connectivity index (χ1n) is 5.18. The first kappa shape index (κ1) is 16.0. The van der Waals surface area contributed by atoms with Gasteiger partial charge in [-0.3, -0.25) is 0 Å². The number of nitrogens with zero attached hydrogens (tertiary/aromatic N) is 1. The van der Waals surface area contributed by atoms with E-state index in [1.807, 2.05) is 0 Å². The fourth-order valence-corrected chi connectivity index (χ4v) is 3.88. The van der Waals surface area contributed by atoms with E-state index >= 15 is 0 Å². The van der Waals surface area contributed by atoms with Gasteiger partial charge in [0.2, 0.25) is 10.0 Å². The molecule has 1 aromatic carbocycles. The Morgan fingerprint density at radius 2 is 1.78 bits per heavy atom. The predicted molar refractivity (Wildman–Crippen MR) is 75.3 cm³/mol. The van der Waals surface area contributed by atoms with E-state index in [2.05, 4.69) is 5.32 Å². The zero-order valence-electron chi connectivity index (χ0n) is 9.40. The highest BCUT2D eigenvalue weighted by atomic mass is 35.5. The normalized spacial score (nSPS) is 17.2. The molecule has 18 heavy (non-hydrogen) atoms. The van der Waals surface area contributed by atoms with Gasteiger partial charge in [-0.15, -0.1) is 12.4 Å². The Balaban J connectivity index is 0.00000162. The molecule has 0 aliphatic carbocycles. The molecule has 1 saturated heterocycles. The van der Waals surface area contributed by atoms with Crippen molar-refractivity contribution < 1.29 is 8.42 Å². The van der Waals surface area contributed by atoms with E-state index in [0.717, 1.165) is 0 Å². The maximum Gasteiger partial charge on any atom is 0.244 e. The number of hydrogen-bond acceptors (Lipinski definition) is 3. The Hall–Kier alpha value is -0.0400. The maximum absolute atomic E-state index is 12.3. The lowest BCUT2D eigenvalue weighted by molar-refractivity contribution is 0.360. The lowest BCUT2D eigenvalue weighted by atomic mass is 10.4. The Morgan fingerprint density at radius 1 is 1.17 bits per heavy atom. The minimum Gasteiger partial charge on any atom is -0.314 e. The van der Waals surface area contributed by atoms with Gasteiger partial charge in [-0.1, -0.05) is 23.2 Å². The van der Waals surface area contributed by atoms with E-state index in [1.165, 1.54) is 16.4 Å². The Labute approximate surface area is 123 Å². The van der Waals surface area contributed by atoms with Crippen LogP contribution in [-0.4, -0.2) is 38.9 Å². The Kier molecular flexibility index (Phi) is 5.70. The van der Waals surface area contributed by atoms with Crippen LogP contribution in [0.2, 0.25) is 10.0 Å². The molecule has 2 rings (SSSR count). The van der Waals surface area contributed by atoms with Crippen LogP contribution in [0.25, 0.3) is 0 Å². The van der Waals surface area contributed by atoms with Crippen molar-refractivity contribution in [1.82, 2.24) is 9.62 Å². The third kappa shape index (κ3) is 3.29. The summed E-state index contributed by atoms with van der Waals surface area (Å²) in [6.07, 6.45) is 0. The van der Waals surface area contributed by atoms with Crippen molar-refractivity contribution in [2.24, 2.45) is 0 Å². The van der Waals surface area contributed by atoms with Crippen LogP contribution < -0.4 is 5.32 Å². The molecule has 0 aromatic heterocycles. The molecule has 0 bridgehead atoms. The van der Waals surface area contributed by atoms with Crippen molar-refractivity contribution in [2.45, 2.75) is 4.90 Å². The second kappa shape index (κ2) is 6.41. The lowest BCUT2D eigenvalue weighted by Crippen LogP contribution is -2.46. The summed E-state index contributed by atoms with van der Waals surface area (Å²) < 4.78 is 26.0. The fourth-order valence-electron chi connectivity index (χ4n) is 1.70. The van der Waals surface area contributed by atoms with Crippen molar-refractivity contribution in [3.8, 4) is 0 Å². The minimum absolute atomic E-state index is 0. The van der Waals surface area contributed by atoms with Crippen LogP contribution in [0.1, 0.15) is 0 Å². The molecule has 1 N–H and O–H groups in total. The third-order valence-electron chi connectivity index (χ3n) is 2.59. The van der Waals surface area contributed by atoms with Gasteiger partial charge in [-0.05, 0) is 18.2 Å². The van der Waals surface area contributed by atoms with Crippen LogP contribution >= 0.6 is 35.6 Å². The van der Waals surface area contributed by atoms with Gasteiger partial charge in [-0.25, -0.2) is 8.42 Å². The molecule has 0 amide bonds. The number of sulfonamides is 1. The average molecular weight is 332 g/mol. The molecule has 1 aliphatic rings. The van der Waals surface area contributed by atoms with Crippen LogP contribution in [0.3, 0.4) is 0 Å². The van der Waals surface area contributed by atoms with E-state index in [0.29, 0.717) is 31.2 Å². The Bertz CT molecular complexity index is 516. The summed E-state index contributed by atoms with van der Waals surface area (Å²) in [6, 6.07) is 4.46. The maximum atomic E-state index is 12.3. The van der Waals surface area contributed by atoms with Gasteiger partial charge in [0.15, 0.2) is 0 Å². The van der Waals surface area contributed by atoms with Gasteiger partial charge in [0.05, 0.1) is 5.02 Å². The van der Waals surface area contributed by atoms with Gasteiger partial charge < -0.3 is 5.32 Å². The van der Waals surface area contributed by atoms with Gasteiger partial charge in [0.25, 0.3) is 0 Å². The SMILES string of the molecule is Cl.O=S(=O)(c1cc(Cl)ccc1Cl)N1CCNCC1. The summed E-state index contributed by atoms with van der Waals surface area (Å²) >= 11 is 11.7. The first-order valence-corrected chi connectivity index (χ1v) is 7.37. The molecule has 4 nitrogen and oxygen atoms in total. The standard InChI is InChI=1S/C10H12Cl2N2O2S.ClH/c11-8-1-2-9(12)10(7-8)17(15,16)14-5-3-13-4-6-14;/h1-2,7,13H,3-6H2;1H. The minimum atomic E-state index is -3.54. The van der Waals surface area contributed by atoms with Crippen molar-refractivity contribution >= 4 is 45.6 Å². The second-order valence-corrected chi connectivity index (χ2v) is 6.48. The molecule has 1 fully saturated rings. The van der Waals surface area contributed by atoms with Gasteiger partial charge in [-0.2, -0.15) is 4.31 Å². The molecule has 0 spiro atoms. The highest BCUT2D eigenvalue weighted by molar-refractivity contribution is 7.89. The number of benzene rings is 1. The number of rotatable bonds is 2. The Morgan fingerprint density at radius 3 is 2.39 bits per heavy atom. The van der Waals surface area contributed by atoms with E-state index in [4.69, 9.17) is 23.2 Å². The number of halogens is 3. The topological polar surface area (TPSA) is 49.4 Å². The monoisotopic (exact) mass is 330 g/mol. The highest BCUT2D eigenvalue weighted by Gasteiger charge is 2.27. The van der Waals surface area contributed by atoms with Crippen molar-refractivity contribution in [3.63, 3.8) is 0 Å². The first-order chi connectivity index (χ1) is 8.01. The molecule has 1 aromatic rings. The smallest absolute Gasteiger partial charge is 0.244 e. The average Bonchev–Trinajstić information content (AvgIpc) is 2.33. The summed E-state index contributed by atoms with van der Waals surface area (Å²) in [5.74, 6) is 0. The second-order valence-electron chi connectivity index (χ2n) is 3.73. The van der Waals surface area contributed by atoms with Crippen molar-refractivity contribution in [1.29, 1.82) is 0 Å². The van der Waals surface area contributed by atoms with Crippen molar-refractivity contribution in [2.75, 3.05) is 26.2 Å². The fraction of sp³-hybridized carbons (Fsp3) is 0.400. The van der Waals surface area contributed by atoms with E-state index in [-0.39, 0.29) is 22.3 Å². The van der Waals surface area contributed by atoms with Crippen LogP contribution in [0.4, 0.5) is 0 Å². The molecular weight excluding hydrogens is 319 g/mol. The van der Waals surface area contributed by atoms with Crippen LogP contribution in [0.5, 0.6) is 0 Å². The molecule has 0 atom stereocenters. The zero-order valence-corrected chi connectivity index (χ0v) is 12.5. The molecular formula is C10H13Cl3N2O2S. The van der Waals surface area contributed by atoms with Crippen LogP contribution in [-0.2, 0) is 10.0 Å². The number of hydrogen-bond donors (Lipinski definition) is 1. The largest absolute Gasteiger partial charge is 0.314 e. The lowest BCUT2D eigenvalue weighted by Gasteiger charge is -2.26. The van der Waals surface area contributed by atoms with Gasteiger partial charge in [0, 0.05) is 31.2 Å². The summed E-state index contributed by atoms with van der Waals surface area (Å²) in [4.78, 5) is 0.0774. The number of piperazine rings is 1. The molecule has 102 valence electrons. The molecule has 0 unspecified atom stereocenters. The van der Waals surface area contributed by atoms with E-state index < -0.39 is 10.0 Å². The predicted octanol–water partition coefficient (Wildman–Crippen LogP) is 2.01. The third-order valence-corrected chi connectivity index (χ3v) is 5.20. The summed E-state index contributed by atoms with van der Waals surface area (Å²) in [7, 11) is -3.54. The number of nitrogens with one attached hydrogen (secondary N) is 1. The van der Waals surface area contributed by atoms with Crippen LogP contribution in [0.15, 0.2) is 23.1 Å². The summed E-state index contributed by atoms with van der Waals surface area (Å²) in [6.45, 7) is 2.20. The van der Waals surface area contributed by atoms with Crippen LogP contribution in [0, 0.1) is 0 Å². The summed E-state index contributed by atoms with van der Waals surface area (Å²) in [5.41, 5.74) is 0. The summed E-state index contributed by atoms with van der Waals surface area (Å²) in [5, 5.41) is 3.66. The van der Waals surface area contributed by atoms with E-state index in [9.17, 15) is 8.42 Å². The highest BCUT2D eigenvalue weighted by Crippen LogP contribution is 2.27. The van der Waals surface area contributed by atoms with E-state index in [1.54, 1.807) is 6.07 Å². The van der Waals surface area contributed by atoms with Gasteiger partial charge in [0.1, 0.15) is 4.90 Å². The molecule has 0 radical (unpaired) electrons. The zero-order chi connectivity index (χ0) is 12.5. The van der Waals surface area contributed by atoms with Gasteiger partial charge >= 0.3 is 0 Å². The van der Waals surface area contributed by atoms with Crippen molar-refractivity contribution in [3.05, 3.63) is 28.2 Å². The molecule has 8 heteroatoms. The quantitative estimate of drug-likeness (QED) is 0.902. The molecule has 1 aliphatic heterocycles.